The van der Waals surface area contributed by atoms with E-state index in [1.165, 1.54) is 17.3 Å². The minimum Gasteiger partial charge on any atom is -0.359 e. The molecule has 3 rings (SSSR count). The summed E-state index contributed by atoms with van der Waals surface area (Å²) in [6, 6.07) is 11.7. The van der Waals surface area contributed by atoms with E-state index in [0.29, 0.717) is 11.4 Å². The van der Waals surface area contributed by atoms with Gasteiger partial charge < -0.3 is 9.55 Å². The monoisotopic (exact) mass is 312 g/mol. The molecule has 112 valence electrons. The van der Waals surface area contributed by atoms with Crippen LogP contribution in [-0.4, -0.2) is 31.3 Å². The van der Waals surface area contributed by atoms with E-state index in [0.717, 1.165) is 16.5 Å². The fourth-order valence-corrected chi connectivity index (χ4v) is 2.90. The van der Waals surface area contributed by atoms with Gasteiger partial charge >= 0.3 is 0 Å². The van der Waals surface area contributed by atoms with Crippen molar-refractivity contribution < 1.29 is 4.79 Å². The Labute approximate surface area is 132 Å². The number of benzene rings is 1. The molecular weight excluding hydrogens is 296 g/mol. The number of nitrogens with zero attached hydrogens (tertiary/aromatic N) is 3. The molecule has 0 amide bonds. The maximum absolute atomic E-state index is 12.0. The van der Waals surface area contributed by atoms with Crippen molar-refractivity contribution in [1.29, 1.82) is 0 Å². The normalized spacial score (nSPS) is 10.8. The highest BCUT2D eigenvalue weighted by Crippen LogP contribution is 2.23. The Balaban J connectivity index is 1.73. The first-order valence-corrected chi connectivity index (χ1v) is 7.89. The van der Waals surface area contributed by atoms with Gasteiger partial charge in [0, 0.05) is 18.8 Å². The standard InChI is InChI=1S/C16H16N4OS/c1-11-5-7-12(8-6-11)15-18-19-16(20(15)2)22-10-14(21)13-4-3-9-17-13/h3-9,17H,10H2,1-2H3. The Bertz CT molecular complexity index is 775. The zero-order valence-electron chi connectivity index (χ0n) is 12.4. The molecule has 2 heterocycles. The Hall–Kier alpha value is -2.34. The van der Waals surface area contributed by atoms with Crippen molar-refractivity contribution in [3.05, 3.63) is 53.9 Å². The van der Waals surface area contributed by atoms with Crippen LogP contribution in [0.2, 0.25) is 0 Å². The summed E-state index contributed by atoms with van der Waals surface area (Å²) >= 11 is 1.39. The van der Waals surface area contributed by atoms with E-state index in [-0.39, 0.29) is 5.78 Å². The summed E-state index contributed by atoms with van der Waals surface area (Å²) in [5.41, 5.74) is 2.84. The highest BCUT2D eigenvalue weighted by atomic mass is 32.2. The van der Waals surface area contributed by atoms with Crippen molar-refractivity contribution in [2.45, 2.75) is 12.1 Å². The van der Waals surface area contributed by atoms with Crippen LogP contribution in [0.5, 0.6) is 0 Å². The van der Waals surface area contributed by atoms with Crippen LogP contribution in [0, 0.1) is 6.92 Å². The topological polar surface area (TPSA) is 63.6 Å². The van der Waals surface area contributed by atoms with E-state index >= 15 is 0 Å². The molecule has 1 aromatic carbocycles. The minimum absolute atomic E-state index is 0.0508. The molecule has 3 aromatic rings. The highest BCUT2D eigenvalue weighted by molar-refractivity contribution is 7.99. The molecule has 2 aromatic heterocycles. The second kappa shape index (κ2) is 6.19. The van der Waals surface area contributed by atoms with Crippen LogP contribution in [0.4, 0.5) is 0 Å². The second-order valence-electron chi connectivity index (χ2n) is 5.03. The van der Waals surface area contributed by atoms with Gasteiger partial charge in [0.2, 0.25) is 0 Å². The molecule has 0 fully saturated rings. The van der Waals surface area contributed by atoms with Gasteiger partial charge in [-0.15, -0.1) is 10.2 Å². The molecule has 5 nitrogen and oxygen atoms in total. The lowest BCUT2D eigenvalue weighted by Crippen LogP contribution is -2.04. The number of nitrogens with one attached hydrogen (secondary N) is 1. The first kappa shape index (κ1) is 14.6. The summed E-state index contributed by atoms with van der Waals surface area (Å²) in [7, 11) is 1.91. The summed E-state index contributed by atoms with van der Waals surface area (Å²) in [5, 5.41) is 9.14. The molecular formula is C16H16N4OS. The van der Waals surface area contributed by atoms with E-state index in [1.54, 1.807) is 12.3 Å². The second-order valence-corrected chi connectivity index (χ2v) is 5.97. The Kier molecular flexibility index (Phi) is 4.11. The van der Waals surface area contributed by atoms with Crippen LogP contribution in [0.3, 0.4) is 0 Å². The number of hydrogen-bond donors (Lipinski definition) is 1. The van der Waals surface area contributed by atoms with Crippen LogP contribution < -0.4 is 0 Å². The smallest absolute Gasteiger partial charge is 0.191 e. The summed E-state index contributed by atoms with van der Waals surface area (Å²) in [4.78, 5) is 14.9. The van der Waals surface area contributed by atoms with Gasteiger partial charge in [0.1, 0.15) is 0 Å². The molecule has 0 saturated heterocycles. The van der Waals surface area contributed by atoms with E-state index in [1.807, 2.05) is 48.9 Å². The number of thioether (sulfide) groups is 1. The lowest BCUT2D eigenvalue weighted by molar-refractivity contribution is 0.101. The number of rotatable bonds is 5. The van der Waals surface area contributed by atoms with E-state index in [2.05, 4.69) is 15.2 Å². The van der Waals surface area contributed by atoms with Crippen LogP contribution in [-0.2, 0) is 7.05 Å². The molecule has 0 radical (unpaired) electrons. The number of carbonyl (C=O) groups is 1. The number of aryl methyl sites for hydroxylation is 1. The zero-order chi connectivity index (χ0) is 15.5. The molecule has 6 heteroatoms. The van der Waals surface area contributed by atoms with E-state index in [4.69, 9.17) is 0 Å². The average molecular weight is 312 g/mol. The van der Waals surface area contributed by atoms with E-state index in [9.17, 15) is 4.79 Å². The number of ketones is 1. The molecule has 0 bridgehead atoms. The molecule has 0 atom stereocenters. The number of aromatic nitrogens is 4. The molecule has 0 aliphatic rings. The maximum Gasteiger partial charge on any atom is 0.191 e. The summed E-state index contributed by atoms with van der Waals surface area (Å²) < 4.78 is 1.91. The van der Waals surface area contributed by atoms with Crippen molar-refractivity contribution in [1.82, 2.24) is 19.7 Å². The minimum atomic E-state index is 0.0508. The van der Waals surface area contributed by atoms with E-state index < -0.39 is 0 Å². The number of Topliss-reactive ketones (excluding diaryl/α,β-unsaturated/α-hetero) is 1. The van der Waals surface area contributed by atoms with Crippen molar-refractivity contribution in [2.24, 2.45) is 7.05 Å². The van der Waals surface area contributed by atoms with Crippen molar-refractivity contribution in [3.63, 3.8) is 0 Å². The molecule has 0 aliphatic heterocycles. The largest absolute Gasteiger partial charge is 0.359 e. The first-order valence-electron chi connectivity index (χ1n) is 6.91. The van der Waals surface area contributed by atoms with Crippen LogP contribution in [0.15, 0.2) is 47.8 Å². The predicted octanol–water partition coefficient (Wildman–Crippen LogP) is 3.09. The van der Waals surface area contributed by atoms with Crippen molar-refractivity contribution >= 4 is 17.5 Å². The molecule has 0 spiro atoms. The van der Waals surface area contributed by atoms with Crippen molar-refractivity contribution in [3.8, 4) is 11.4 Å². The lowest BCUT2D eigenvalue weighted by atomic mass is 10.1. The molecule has 0 saturated carbocycles. The van der Waals surface area contributed by atoms with Gasteiger partial charge in [0.25, 0.3) is 0 Å². The third-order valence-electron chi connectivity index (χ3n) is 3.38. The van der Waals surface area contributed by atoms with Crippen LogP contribution in [0.1, 0.15) is 16.1 Å². The summed E-state index contributed by atoms with van der Waals surface area (Å²) in [6.45, 7) is 2.05. The van der Waals surface area contributed by atoms with Gasteiger partial charge in [0.05, 0.1) is 11.4 Å². The number of carbonyl (C=O) groups excluding carboxylic acids is 1. The number of H-pyrrole nitrogens is 1. The first-order chi connectivity index (χ1) is 10.6. The average Bonchev–Trinajstić information content (AvgIpc) is 3.16. The van der Waals surface area contributed by atoms with Gasteiger partial charge in [-0.05, 0) is 19.1 Å². The van der Waals surface area contributed by atoms with Crippen molar-refractivity contribution in [2.75, 3.05) is 5.75 Å². The van der Waals surface area contributed by atoms with Gasteiger partial charge in [-0.1, -0.05) is 41.6 Å². The Morgan fingerprint density at radius 1 is 1.23 bits per heavy atom. The fraction of sp³-hybridized carbons (Fsp3) is 0.188. The molecule has 0 aliphatic carbocycles. The van der Waals surface area contributed by atoms with Gasteiger partial charge in [0.15, 0.2) is 16.8 Å². The third kappa shape index (κ3) is 2.96. The highest BCUT2D eigenvalue weighted by Gasteiger charge is 2.13. The Morgan fingerprint density at radius 2 is 2.00 bits per heavy atom. The van der Waals surface area contributed by atoms with Crippen LogP contribution in [0.25, 0.3) is 11.4 Å². The SMILES string of the molecule is Cc1ccc(-c2nnc(SCC(=O)c3ccc[nH]3)n2C)cc1. The summed E-state index contributed by atoms with van der Waals surface area (Å²) in [6.07, 6.45) is 1.75. The fourth-order valence-electron chi connectivity index (χ4n) is 2.11. The van der Waals surface area contributed by atoms with Crippen LogP contribution >= 0.6 is 11.8 Å². The molecule has 22 heavy (non-hydrogen) atoms. The number of aromatic amines is 1. The molecule has 0 unspecified atom stereocenters. The summed E-state index contributed by atoms with van der Waals surface area (Å²) in [5.74, 6) is 1.19. The van der Waals surface area contributed by atoms with Gasteiger partial charge in [-0.25, -0.2) is 0 Å². The third-order valence-corrected chi connectivity index (χ3v) is 4.40. The Morgan fingerprint density at radius 3 is 2.68 bits per heavy atom. The molecule has 1 N–H and O–H groups in total. The van der Waals surface area contributed by atoms with Gasteiger partial charge in [-0.2, -0.15) is 0 Å². The maximum atomic E-state index is 12.0. The quantitative estimate of drug-likeness (QED) is 0.581. The van der Waals surface area contributed by atoms with Gasteiger partial charge in [-0.3, -0.25) is 4.79 Å². The zero-order valence-corrected chi connectivity index (χ0v) is 13.2. The number of hydrogen-bond acceptors (Lipinski definition) is 4. The lowest BCUT2D eigenvalue weighted by Gasteiger charge is -2.04. The predicted molar refractivity (Wildman–Crippen MR) is 87.0 cm³/mol.